The van der Waals surface area contributed by atoms with Gasteiger partial charge in [-0.3, -0.25) is 0 Å². The number of halogens is 1. The molecule has 0 N–H and O–H groups in total. The predicted molar refractivity (Wildman–Crippen MR) is 86.1 cm³/mol. The van der Waals surface area contributed by atoms with Gasteiger partial charge in [-0.25, -0.2) is 17.8 Å². The summed E-state index contributed by atoms with van der Waals surface area (Å²) in [6, 6.07) is 12.8. The Balaban J connectivity index is 1.92. The number of nitrogens with zero attached hydrogens (tertiary/aromatic N) is 1. The number of hydrogen-bond donors (Lipinski definition) is 0. The fourth-order valence-electron chi connectivity index (χ4n) is 2.00. The number of rotatable bonds is 3. The number of thiazole rings is 1. The molecule has 0 aliphatic carbocycles. The van der Waals surface area contributed by atoms with Crippen LogP contribution in [0.1, 0.15) is 0 Å². The molecule has 112 valence electrons. The Morgan fingerprint density at radius 3 is 2.14 bits per heavy atom. The van der Waals surface area contributed by atoms with E-state index in [1.165, 1.54) is 29.7 Å². The predicted octanol–water partition coefficient (Wildman–Crippen LogP) is 4.02. The van der Waals surface area contributed by atoms with Crippen molar-refractivity contribution >= 4 is 21.2 Å². The van der Waals surface area contributed by atoms with Crippen LogP contribution in [0, 0.1) is 5.82 Å². The van der Waals surface area contributed by atoms with Crippen molar-refractivity contribution in [2.45, 2.75) is 4.90 Å². The molecule has 0 amide bonds. The van der Waals surface area contributed by atoms with Gasteiger partial charge in [0.15, 0.2) is 9.84 Å². The van der Waals surface area contributed by atoms with E-state index in [1.54, 1.807) is 36.4 Å². The van der Waals surface area contributed by atoms with Crippen LogP contribution in [-0.2, 0) is 9.84 Å². The molecule has 0 fully saturated rings. The van der Waals surface area contributed by atoms with Crippen molar-refractivity contribution in [1.29, 1.82) is 0 Å². The lowest BCUT2D eigenvalue weighted by molar-refractivity contribution is 0.602. The van der Waals surface area contributed by atoms with Crippen LogP contribution in [0.2, 0.25) is 0 Å². The van der Waals surface area contributed by atoms with Gasteiger partial charge in [0.1, 0.15) is 10.8 Å². The molecular weight excluding hydrogens is 321 g/mol. The van der Waals surface area contributed by atoms with Crippen LogP contribution in [0.25, 0.3) is 21.8 Å². The van der Waals surface area contributed by atoms with Gasteiger partial charge in [0.2, 0.25) is 0 Å². The van der Waals surface area contributed by atoms with Gasteiger partial charge in [-0.2, -0.15) is 0 Å². The van der Waals surface area contributed by atoms with Crippen LogP contribution in [0.3, 0.4) is 0 Å². The van der Waals surface area contributed by atoms with E-state index in [9.17, 15) is 12.8 Å². The zero-order valence-corrected chi connectivity index (χ0v) is 13.3. The molecule has 3 rings (SSSR count). The normalized spacial score (nSPS) is 11.5. The molecule has 1 aromatic heterocycles. The van der Waals surface area contributed by atoms with Gasteiger partial charge in [0, 0.05) is 22.8 Å². The number of aromatic nitrogens is 1. The summed E-state index contributed by atoms with van der Waals surface area (Å²) < 4.78 is 35.8. The summed E-state index contributed by atoms with van der Waals surface area (Å²) in [5.41, 5.74) is 2.46. The van der Waals surface area contributed by atoms with E-state index in [-0.39, 0.29) is 10.7 Å². The van der Waals surface area contributed by atoms with Gasteiger partial charge in [-0.1, -0.05) is 12.1 Å². The van der Waals surface area contributed by atoms with Crippen molar-refractivity contribution in [3.8, 4) is 21.8 Å². The number of sulfone groups is 1. The summed E-state index contributed by atoms with van der Waals surface area (Å²) >= 11 is 1.46. The second kappa shape index (κ2) is 5.62. The largest absolute Gasteiger partial charge is 0.236 e. The lowest BCUT2D eigenvalue weighted by Crippen LogP contribution is -1.96. The molecule has 1 heterocycles. The van der Waals surface area contributed by atoms with Crippen LogP contribution in [0.15, 0.2) is 58.8 Å². The summed E-state index contributed by atoms with van der Waals surface area (Å²) in [5.74, 6) is -0.281. The lowest BCUT2D eigenvalue weighted by Gasteiger charge is -2.00. The molecule has 0 unspecified atom stereocenters. The van der Waals surface area contributed by atoms with Crippen LogP contribution in [0.4, 0.5) is 4.39 Å². The van der Waals surface area contributed by atoms with Crippen LogP contribution in [0.5, 0.6) is 0 Å². The smallest absolute Gasteiger partial charge is 0.175 e. The molecule has 6 heteroatoms. The first-order valence-electron chi connectivity index (χ1n) is 6.45. The minimum atomic E-state index is -3.20. The van der Waals surface area contributed by atoms with E-state index in [2.05, 4.69) is 4.98 Å². The molecule has 0 aliphatic heterocycles. The molecule has 0 spiro atoms. The van der Waals surface area contributed by atoms with E-state index < -0.39 is 9.84 Å². The molecular formula is C16H12FNO2S2. The summed E-state index contributed by atoms with van der Waals surface area (Å²) in [7, 11) is -3.20. The lowest BCUT2D eigenvalue weighted by atomic mass is 10.2. The zero-order valence-electron chi connectivity index (χ0n) is 11.7. The first-order valence-corrected chi connectivity index (χ1v) is 9.22. The molecule has 0 saturated carbocycles. The van der Waals surface area contributed by atoms with Gasteiger partial charge in [-0.15, -0.1) is 11.3 Å². The van der Waals surface area contributed by atoms with Crippen LogP contribution < -0.4 is 0 Å². The van der Waals surface area contributed by atoms with Crippen molar-refractivity contribution in [2.24, 2.45) is 0 Å². The molecule has 0 aliphatic rings. The van der Waals surface area contributed by atoms with E-state index in [0.29, 0.717) is 0 Å². The first kappa shape index (κ1) is 14.9. The molecule has 0 atom stereocenters. The Morgan fingerprint density at radius 2 is 1.55 bits per heavy atom. The quantitative estimate of drug-likeness (QED) is 0.727. The summed E-state index contributed by atoms with van der Waals surface area (Å²) in [5, 5.41) is 2.69. The van der Waals surface area contributed by atoms with Gasteiger partial charge < -0.3 is 0 Å². The third-order valence-electron chi connectivity index (χ3n) is 3.17. The summed E-state index contributed by atoms with van der Waals surface area (Å²) in [6.45, 7) is 0. The van der Waals surface area contributed by atoms with Crippen molar-refractivity contribution in [3.63, 3.8) is 0 Å². The summed E-state index contributed by atoms with van der Waals surface area (Å²) in [4.78, 5) is 4.80. The molecule has 22 heavy (non-hydrogen) atoms. The van der Waals surface area contributed by atoms with Crippen molar-refractivity contribution < 1.29 is 12.8 Å². The van der Waals surface area contributed by atoms with Crippen molar-refractivity contribution in [1.82, 2.24) is 4.98 Å². The average Bonchev–Trinajstić information content (AvgIpc) is 2.97. The van der Waals surface area contributed by atoms with E-state index in [0.717, 1.165) is 21.8 Å². The highest BCUT2D eigenvalue weighted by molar-refractivity contribution is 7.90. The number of hydrogen-bond acceptors (Lipinski definition) is 4. The highest BCUT2D eigenvalue weighted by Gasteiger charge is 2.09. The fraction of sp³-hybridized carbons (Fsp3) is 0.0625. The van der Waals surface area contributed by atoms with Crippen molar-refractivity contribution in [3.05, 3.63) is 59.7 Å². The number of benzene rings is 2. The van der Waals surface area contributed by atoms with Gasteiger partial charge in [0.25, 0.3) is 0 Å². The first-order chi connectivity index (χ1) is 10.4. The minimum Gasteiger partial charge on any atom is -0.236 e. The van der Waals surface area contributed by atoms with Gasteiger partial charge in [-0.05, 0) is 36.4 Å². The standard InChI is InChI=1S/C16H12FNO2S2/c1-22(19,20)14-8-4-11(5-9-14)15-10-21-16(18-15)12-2-6-13(17)7-3-12/h2-10H,1H3. The summed E-state index contributed by atoms with van der Waals surface area (Å²) in [6.07, 6.45) is 1.18. The average molecular weight is 333 g/mol. The maximum Gasteiger partial charge on any atom is 0.175 e. The molecule has 0 saturated heterocycles. The Bertz CT molecular complexity index is 898. The van der Waals surface area contributed by atoms with Gasteiger partial charge >= 0.3 is 0 Å². The van der Waals surface area contributed by atoms with Crippen molar-refractivity contribution in [2.75, 3.05) is 6.26 Å². The molecule has 3 nitrogen and oxygen atoms in total. The Labute approximate surface area is 132 Å². The van der Waals surface area contributed by atoms with Gasteiger partial charge in [0.05, 0.1) is 10.6 Å². The maximum atomic E-state index is 12.9. The third kappa shape index (κ3) is 3.08. The molecule has 0 radical (unpaired) electrons. The SMILES string of the molecule is CS(=O)(=O)c1ccc(-c2csc(-c3ccc(F)cc3)n2)cc1. The fourth-order valence-corrected chi connectivity index (χ4v) is 3.47. The Kier molecular flexibility index (Phi) is 3.80. The van der Waals surface area contributed by atoms with E-state index in [1.807, 2.05) is 5.38 Å². The van der Waals surface area contributed by atoms with E-state index in [4.69, 9.17) is 0 Å². The Hall–Kier alpha value is -2.05. The highest BCUT2D eigenvalue weighted by Crippen LogP contribution is 2.29. The topological polar surface area (TPSA) is 47.0 Å². The van der Waals surface area contributed by atoms with E-state index >= 15 is 0 Å². The minimum absolute atomic E-state index is 0.281. The monoisotopic (exact) mass is 333 g/mol. The van der Waals surface area contributed by atoms with Crippen LogP contribution in [-0.4, -0.2) is 19.7 Å². The molecule has 0 bridgehead atoms. The second-order valence-corrected chi connectivity index (χ2v) is 7.72. The van der Waals surface area contributed by atoms with Crippen LogP contribution >= 0.6 is 11.3 Å². The zero-order chi connectivity index (χ0) is 15.7. The molecule has 2 aromatic carbocycles. The second-order valence-electron chi connectivity index (χ2n) is 4.84. The molecule has 3 aromatic rings. The highest BCUT2D eigenvalue weighted by atomic mass is 32.2. The Morgan fingerprint density at radius 1 is 0.955 bits per heavy atom. The maximum absolute atomic E-state index is 12.9. The third-order valence-corrected chi connectivity index (χ3v) is 5.19.